The summed E-state index contributed by atoms with van der Waals surface area (Å²) in [5.74, 6) is 0.0328. The van der Waals surface area contributed by atoms with Gasteiger partial charge in [0.2, 0.25) is 0 Å². The van der Waals surface area contributed by atoms with Crippen molar-refractivity contribution in [3.8, 4) is 0 Å². The molecule has 3 rings (SSSR count). The molecule has 2 unspecified atom stereocenters. The summed E-state index contributed by atoms with van der Waals surface area (Å²) in [7, 11) is -18.1. The number of ether oxygens (including phenoxy) is 1. The van der Waals surface area contributed by atoms with Crippen LogP contribution in [0.1, 0.15) is 6.23 Å². The lowest BCUT2D eigenvalue weighted by Gasteiger charge is -2.37. The Kier molecular flexibility index (Phi) is 7.71. The van der Waals surface area contributed by atoms with Crippen molar-refractivity contribution in [3.05, 3.63) is 6.33 Å². The predicted octanol–water partition coefficient (Wildman–Crippen LogP) is -3.44. The average molecular weight is 549 g/mol. The minimum atomic E-state index is -6.15. The number of phosphoric acid groups is 3. The Morgan fingerprint density at radius 1 is 1.15 bits per heavy atom. The van der Waals surface area contributed by atoms with E-state index in [0.717, 1.165) is 11.8 Å². The molecule has 4 N–H and O–H groups in total. The molecule has 18 nitrogen and oxygen atoms in total. The summed E-state index contributed by atoms with van der Waals surface area (Å²) >= 11 is 1.16. The number of rotatable bonds is 9. The molecule has 2 aromatic rings. The van der Waals surface area contributed by atoms with Gasteiger partial charge in [0.05, 0.1) is 20.8 Å². The predicted molar refractivity (Wildman–Crippen MR) is 98.4 cm³/mol. The minimum absolute atomic E-state index is 0.0328. The molecule has 186 valence electrons. The number of fused-ring (bicyclic) bond motifs is 1. The third-order valence-electron chi connectivity index (χ3n) is 4.02. The lowest BCUT2D eigenvalue weighted by atomic mass is 10.1. The highest BCUT2D eigenvalue weighted by molar-refractivity contribution is 7.98. The van der Waals surface area contributed by atoms with Gasteiger partial charge in [-0.3, -0.25) is 18.0 Å². The van der Waals surface area contributed by atoms with E-state index >= 15 is 0 Å². The van der Waals surface area contributed by atoms with Crippen LogP contribution in [0.3, 0.4) is 0 Å². The zero-order valence-corrected chi connectivity index (χ0v) is 19.6. The number of imidazole rings is 1. The smallest absolute Gasteiger partial charge is 0.278 e. The molecular formula is C11H14N5O13P3S-4. The summed E-state index contributed by atoms with van der Waals surface area (Å²) in [4.78, 5) is 55.7. The van der Waals surface area contributed by atoms with Crippen molar-refractivity contribution in [1.29, 1.82) is 0 Å². The number of hydrogen-bond donors (Lipinski definition) is 3. The molecule has 1 fully saturated rings. The van der Waals surface area contributed by atoms with Gasteiger partial charge in [0.1, 0.15) is 23.8 Å². The maximum atomic E-state index is 11.7. The van der Waals surface area contributed by atoms with Crippen molar-refractivity contribution < 1.29 is 61.4 Å². The van der Waals surface area contributed by atoms with Gasteiger partial charge in [-0.25, -0.2) is 19.3 Å². The molecule has 0 aromatic carbocycles. The summed E-state index contributed by atoms with van der Waals surface area (Å²) in [6.45, 7) is -1.08. The van der Waals surface area contributed by atoms with Gasteiger partial charge in [-0.15, -0.1) is 0 Å². The number of aromatic nitrogens is 4. The standard InChI is InChI=1S/C11H18N5O13P3S/c1-33-11-14-8(12)5-9(15-11)16(3-13-5)10-7(18)6(17)4(27-10)2-26-31(22,23)29-32(24,25)28-30(19,20)21/h3-4,6-7,10,17-18H,2H2,1H3,(H,22,23)(H,24,25)(H2,12,14,15)(H2,19,20,21)/p-4/t4-,6-,7-,10-/m1/s1. The van der Waals surface area contributed by atoms with Gasteiger partial charge >= 0.3 is 0 Å². The Morgan fingerprint density at radius 2 is 1.82 bits per heavy atom. The molecule has 22 heteroatoms. The molecule has 1 aliphatic heterocycles. The molecule has 33 heavy (non-hydrogen) atoms. The number of thioether (sulfide) groups is 1. The number of hydrogen-bond acceptors (Lipinski definition) is 18. The first kappa shape index (κ1) is 26.6. The second kappa shape index (κ2) is 9.56. The van der Waals surface area contributed by atoms with Gasteiger partial charge in [-0.2, -0.15) is 0 Å². The summed E-state index contributed by atoms with van der Waals surface area (Å²) in [5, 5.41) is 20.8. The SMILES string of the molecule is CSc1nc(N)c2ncn([C@@H]3O[C@H](COP(=O)([O-])OP(=O)([O-])OP(=O)([O-])[O-])[C@@H](O)[C@H]3O)c2n1. The highest BCUT2D eigenvalue weighted by atomic mass is 32.2. The van der Waals surface area contributed by atoms with Gasteiger partial charge in [0.15, 0.2) is 22.8 Å². The third kappa shape index (κ3) is 6.36. The second-order valence-corrected chi connectivity index (χ2v) is 11.3. The molecule has 1 aliphatic rings. The Hall–Kier alpha value is -1.01. The molecule has 0 spiro atoms. The minimum Gasteiger partial charge on any atom is -0.790 e. The maximum Gasteiger partial charge on any atom is 0.278 e. The van der Waals surface area contributed by atoms with Crippen LogP contribution in [-0.2, 0) is 31.6 Å². The Balaban J connectivity index is 1.73. The van der Waals surface area contributed by atoms with Crippen LogP contribution in [0.2, 0.25) is 0 Å². The van der Waals surface area contributed by atoms with Crippen LogP contribution >= 0.6 is 35.2 Å². The lowest BCUT2D eigenvalue weighted by Crippen LogP contribution is -2.34. The van der Waals surface area contributed by atoms with Crippen LogP contribution in [0.15, 0.2) is 11.5 Å². The van der Waals surface area contributed by atoms with Crippen LogP contribution in [0.5, 0.6) is 0 Å². The fourth-order valence-electron chi connectivity index (χ4n) is 2.74. The third-order valence-corrected chi connectivity index (χ3v) is 8.23. The summed E-state index contributed by atoms with van der Waals surface area (Å²) < 4.78 is 50.5. The fourth-order valence-corrected chi connectivity index (χ4v) is 5.97. The largest absolute Gasteiger partial charge is 0.790 e. The van der Waals surface area contributed by atoms with Crippen LogP contribution in [-0.4, -0.2) is 60.9 Å². The van der Waals surface area contributed by atoms with Crippen LogP contribution in [0.25, 0.3) is 11.2 Å². The molecular weight excluding hydrogens is 535 g/mol. The summed E-state index contributed by atoms with van der Waals surface area (Å²) in [6, 6.07) is 0. The van der Waals surface area contributed by atoms with Gasteiger partial charge in [0.25, 0.3) is 15.6 Å². The van der Waals surface area contributed by atoms with E-state index in [1.54, 1.807) is 6.26 Å². The monoisotopic (exact) mass is 549 g/mol. The topological polar surface area (TPSA) is 290 Å². The molecule has 1 saturated heterocycles. The first-order chi connectivity index (χ1) is 15.1. The van der Waals surface area contributed by atoms with E-state index in [1.807, 2.05) is 0 Å². The fraction of sp³-hybridized carbons (Fsp3) is 0.545. The van der Waals surface area contributed by atoms with Crippen molar-refractivity contribution in [1.82, 2.24) is 19.5 Å². The molecule has 0 aliphatic carbocycles. The quantitative estimate of drug-likeness (QED) is 0.156. The van der Waals surface area contributed by atoms with Crippen molar-refractivity contribution >= 4 is 52.2 Å². The number of nitrogens with two attached hydrogens (primary N) is 1. The molecule has 0 radical (unpaired) electrons. The van der Waals surface area contributed by atoms with E-state index in [1.165, 1.54) is 10.9 Å². The Morgan fingerprint density at radius 3 is 2.42 bits per heavy atom. The molecule has 0 amide bonds. The van der Waals surface area contributed by atoms with E-state index in [0.29, 0.717) is 0 Å². The van der Waals surface area contributed by atoms with Crippen LogP contribution < -0.4 is 25.3 Å². The number of phosphoric ester groups is 1. The van der Waals surface area contributed by atoms with Gasteiger partial charge < -0.3 is 49.3 Å². The summed E-state index contributed by atoms with van der Waals surface area (Å²) in [5.41, 5.74) is 6.10. The first-order valence-corrected chi connectivity index (χ1v) is 14.0. The van der Waals surface area contributed by atoms with E-state index in [-0.39, 0.29) is 22.1 Å². The summed E-state index contributed by atoms with van der Waals surface area (Å²) in [6.07, 6.45) is -3.44. The first-order valence-electron chi connectivity index (χ1n) is 8.39. The average Bonchev–Trinajstić information content (AvgIpc) is 3.19. The molecule has 3 heterocycles. The molecule has 6 atom stereocenters. The van der Waals surface area contributed by atoms with Crippen molar-refractivity contribution in [3.63, 3.8) is 0 Å². The van der Waals surface area contributed by atoms with E-state index in [2.05, 4.69) is 28.1 Å². The maximum absolute atomic E-state index is 11.7. The zero-order chi connectivity index (χ0) is 24.8. The molecule has 2 aromatic heterocycles. The van der Waals surface area contributed by atoms with Crippen molar-refractivity contribution in [2.45, 2.75) is 29.7 Å². The normalized spacial score (nSPS) is 27.5. The molecule has 0 saturated carbocycles. The van der Waals surface area contributed by atoms with Gasteiger partial charge in [-0.1, -0.05) is 11.8 Å². The van der Waals surface area contributed by atoms with Gasteiger partial charge in [-0.05, 0) is 6.26 Å². The van der Waals surface area contributed by atoms with Crippen LogP contribution in [0.4, 0.5) is 5.82 Å². The molecule has 0 bridgehead atoms. The highest BCUT2D eigenvalue weighted by Crippen LogP contribution is 2.60. The van der Waals surface area contributed by atoms with E-state index < -0.39 is 54.6 Å². The van der Waals surface area contributed by atoms with Crippen molar-refractivity contribution in [2.24, 2.45) is 0 Å². The Bertz CT molecular complexity index is 1170. The number of anilines is 1. The van der Waals surface area contributed by atoms with Crippen molar-refractivity contribution in [2.75, 3.05) is 18.6 Å². The van der Waals surface area contributed by atoms with E-state index in [9.17, 15) is 43.5 Å². The van der Waals surface area contributed by atoms with Gasteiger partial charge in [0, 0.05) is 0 Å². The number of nitrogen functional groups attached to an aromatic ring is 1. The lowest BCUT2D eigenvalue weighted by molar-refractivity contribution is -0.339. The Labute approximate surface area is 188 Å². The van der Waals surface area contributed by atoms with E-state index in [4.69, 9.17) is 10.5 Å². The zero-order valence-electron chi connectivity index (χ0n) is 16.1. The van der Waals surface area contributed by atoms with Crippen LogP contribution in [0, 0.1) is 0 Å². The number of aliphatic hydroxyl groups is 2. The second-order valence-electron chi connectivity index (χ2n) is 6.27. The number of nitrogens with zero attached hydrogens (tertiary/aromatic N) is 4. The number of aliphatic hydroxyl groups excluding tert-OH is 2. The highest BCUT2D eigenvalue weighted by Gasteiger charge is 2.45.